The molecule has 10 nitrogen and oxygen atoms in total. The molecule has 0 aliphatic heterocycles. The maximum atomic E-state index is 11.4. The molecule has 2 aromatic carbocycles. The summed E-state index contributed by atoms with van der Waals surface area (Å²) in [7, 11) is -4.03. The van der Waals surface area contributed by atoms with E-state index in [0.717, 1.165) is 17.3 Å². The summed E-state index contributed by atoms with van der Waals surface area (Å²) in [6.07, 6.45) is 3.01. The molecule has 11 heteroatoms. The third kappa shape index (κ3) is 4.10. The molecule has 1 aromatic heterocycles. The van der Waals surface area contributed by atoms with E-state index in [1.54, 1.807) is 11.0 Å². The van der Waals surface area contributed by atoms with Gasteiger partial charge in [0.15, 0.2) is 0 Å². The Balaban J connectivity index is 1.85. The molecule has 1 heterocycles. The van der Waals surface area contributed by atoms with Gasteiger partial charge in [-0.1, -0.05) is 12.1 Å². The van der Waals surface area contributed by atoms with Crippen molar-refractivity contribution in [3.63, 3.8) is 0 Å². The van der Waals surface area contributed by atoms with Gasteiger partial charge in [-0.15, -0.1) is 0 Å². The lowest BCUT2D eigenvalue weighted by atomic mass is 10.1. The van der Waals surface area contributed by atoms with E-state index < -0.39 is 14.9 Å². The van der Waals surface area contributed by atoms with Gasteiger partial charge in [0.25, 0.3) is 5.69 Å². The van der Waals surface area contributed by atoms with Crippen LogP contribution >= 0.6 is 0 Å². The Kier molecular flexibility index (Phi) is 4.88. The van der Waals surface area contributed by atoms with Crippen molar-refractivity contribution in [3.8, 4) is 5.69 Å². The van der Waals surface area contributed by atoms with E-state index in [0.29, 0.717) is 0 Å². The molecule has 0 saturated carbocycles. The van der Waals surface area contributed by atoms with E-state index in [2.05, 4.69) is 15.4 Å². The number of anilines is 1. The number of primary sulfonamides is 1. The normalized spacial score (nSPS) is 12.5. The predicted molar refractivity (Wildman–Crippen MR) is 97.9 cm³/mol. The Labute approximate surface area is 154 Å². The second-order valence-corrected chi connectivity index (χ2v) is 7.34. The number of nitrogens with zero attached hydrogens (tertiary/aromatic N) is 4. The van der Waals surface area contributed by atoms with E-state index >= 15 is 0 Å². The number of sulfonamides is 1. The van der Waals surface area contributed by atoms with Crippen LogP contribution in [-0.2, 0) is 10.0 Å². The van der Waals surface area contributed by atoms with E-state index in [4.69, 9.17) is 5.14 Å². The molecule has 0 saturated heterocycles. The summed E-state index contributed by atoms with van der Waals surface area (Å²) < 4.78 is 24.4. The van der Waals surface area contributed by atoms with Crippen LogP contribution in [0.4, 0.5) is 11.4 Å². The molecule has 0 aliphatic rings. The van der Waals surface area contributed by atoms with Crippen LogP contribution in [-0.4, -0.2) is 28.1 Å². The van der Waals surface area contributed by atoms with Gasteiger partial charge >= 0.3 is 0 Å². The van der Waals surface area contributed by atoms with Crippen LogP contribution in [0.15, 0.2) is 60.0 Å². The standard InChI is InChI=1S/C16H16N6O4S/c1-11(12-2-4-13(5-3-12)21-10-18-9-19-21)20-15-7-6-14(27(17,25)26)8-16(15)22(23)24/h2-11,20H,1H3,(H2,17,25,26). The van der Waals surface area contributed by atoms with Gasteiger partial charge in [0.1, 0.15) is 18.3 Å². The van der Waals surface area contributed by atoms with Crippen LogP contribution in [0, 0.1) is 10.1 Å². The summed E-state index contributed by atoms with van der Waals surface area (Å²) in [6.45, 7) is 1.84. The highest BCUT2D eigenvalue weighted by Crippen LogP contribution is 2.30. The fourth-order valence-corrected chi connectivity index (χ4v) is 3.07. The van der Waals surface area contributed by atoms with Gasteiger partial charge in [-0.25, -0.2) is 23.2 Å². The Bertz CT molecular complexity index is 1060. The summed E-state index contributed by atoms with van der Waals surface area (Å²) in [4.78, 5) is 14.2. The number of nitro benzene ring substituents is 1. The Morgan fingerprint density at radius 1 is 1.22 bits per heavy atom. The summed E-state index contributed by atoms with van der Waals surface area (Å²) in [5.74, 6) is 0. The van der Waals surface area contributed by atoms with Crippen molar-refractivity contribution in [3.05, 3.63) is 70.8 Å². The number of hydrogen-bond donors (Lipinski definition) is 2. The van der Waals surface area contributed by atoms with Crippen LogP contribution in [0.5, 0.6) is 0 Å². The molecule has 3 N–H and O–H groups in total. The smallest absolute Gasteiger partial charge is 0.293 e. The maximum absolute atomic E-state index is 11.4. The highest BCUT2D eigenvalue weighted by atomic mass is 32.2. The molecule has 140 valence electrons. The molecule has 3 aromatic rings. The molecule has 0 radical (unpaired) electrons. The average Bonchev–Trinajstić information content (AvgIpc) is 3.15. The largest absolute Gasteiger partial charge is 0.373 e. The van der Waals surface area contributed by atoms with Gasteiger partial charge in [0, 0.05) is 12.1 Å². The van der Waals surface area contributed by atoms with Crippen molar-refractivity contribution < 1.29 is 13.3 Å². The zero-order valence-electron chi connectivity index (χ0n) is 14.2. The van der Waals surface area contributed by atoms with E-state index in [1.807, 2.05) is 31.2 Å². The van der Waals surface area contributed by atoms with Crippen molar-refractivity contribution in [1.82, 2.24) is 14.8 Å². The summed E-state index contributed by atoms with van der Waals surface area (Å²) in [5.41, 5.74) is 1.53. The first kappa shape index (κ1) is 18.5. The van der Waals surface area contributed by atoms with Gasteiger partial charge in [0.2, 0.25) is 10.0 Å². The van der Waals surface area contributed by atoms with Crippen molar-refractivity contribution in [2.24, 2.45) is 5.14 Å². The number of nitrogens with one attached hydrogen (secondary N) is 1. The number of aromatic nitrogens is 3. The monoisotopic (exact) mass is 388 g/mol. The lowest BCUT2D eigenvalue weighted by molar-refractivity contribution is -0.384. The van der Waals surface area contributed by atoms with Gasteiger partial charge < -0.3 is 5.32 Å². The van der Waals surface area contributed by atoms with Crippen LogP contribution in [0.25, 0.3) is 5.69 Å². The van der Waals surface area contributed by atoms with Crippen LogP contribution in [0.3, 0.4) is 0 Å². The topological polar surface area (TPSA) is 146 Å². The summed E-state index contributed by atoms with van der Waals surface area (Å²) in [6, 6.07) is 10.6. The number of benzene rings is 2. The van der Waals surface area contributed by atoms with Crippen LogP contribution in [0.1, 0.15) is 18.5 Å². The predicted octanol–water partition coefficient (Wildman–Crippen LogP) is 2.00. The summed E-state index contributed by atoms with van der Waals surface area (Å²) in [5, 5.41) is 23.4. The third-order valence-electron chi connectivity index (χ3n) is 3.94. The van der Waals surface area contributed by atoms with Gasteiger partial charge in [-0.2, -0.15) is 5.10 Å². The molecule has 0 amide bonds. The molecule has 1 atom stereocenters. The lowest BCUT2D eigenvalue weighted by Crippen LogP contribution is -2.13. The average molecular weight is 388 g/mol. The zero-order chi connectivity index (χ0) is 19.6. The van der Waals surface area contributed by atoms with Gasteiger partial charge in [-0.3, -0.25) is 10.1 Å². The van der Waals surface area contributed by atoms with Gasteiger partial charge in [0.05, 0.1) is 15.5 Å². The SMILES string of the molecule is CC(Nc1ccc(S(N)(=O)=O)cc1[N+](=O)[O-])c1ccc(-n2cncn2)cc1. The molecule has 27 heavy (non-hydrogen) atoms. The minimum absolute atomic E-state index is 0.195. The van der Waals surface area contributed by atoms with Crippen molar-refractivity contribution in [2.45, 2.75) is 17.9 Å². The number of nitrogens with two attached hydrogens (primary N) is 1. The van der Waals surface area contributed by atoms with Crippen LogP contribution in [0.2, 0.25) is 0 Å². The fourth-order valence-electron chi connectivity index (χ4n) is 2.54. The molecule has 0 bridgehead atoms. The van der Waals surface area contributed by atoms with Crippen molar-refractivity contribution >= 4 is 21.4 Å². The molecule has 0 aliphatic carbocycles. The molecule has 0 spiro atoms. The molecule has 3 rings (SSSR count). The number of hydrogen-bond acceptors (Lipinski definition) is 7. The zero-order valence-corrected chi connectivity index (χ0v) is 15.0. The number of rotatable bonds is 6. The lowest BCUT2D eigenvalue weighted by Gasteiger charge is -2.16. The molecular weight excluding hydrogens is 372 g/mol. The number of nitro groups is 1. The van der Waals surface area contributed by atoms with Crippen molar-refractivity contribution in [1.29, 1.82) is 0 Å². The first-order valence-corrected chi connectivity index (χ1v) is 9.33. The second-order valence-electron chi connectivity index (χ2n) is 5.78. The van der Waals surface area contributed by atoms with E-state index in [-0.39, 0.29) is 22.3 Å². The first-order chi connectivity index (χ1) is 12.8. The highest BCUT2D eigenvalue weighted by molar-refractivity contribution is 7.89. The fraction of sp³-hybridized carbons (Fsp3) is 0.125. The minimum atomic E-state index is -4.03. The molecular formula is C16H16N6O4S. The highest BCUT2D eigenvalue weighted by Gasteiger charge is 2.20. The van der Waals surface area contributed by atoms with Crippen molar-refractivity contribution in [2.75, 3.05) is 5.32 Å². The van der Waals surface area contributed by atoms with Crippen LogP contribution < -0.4 is 10.5 Å². The Morgan fingerprint density at radius 2 is 1.93 bits per heavy atom. The Morgan fingerprint density at radius 3 is 2.48 bits per heavy atom. The maximum Gasteiger partial charge on any atom is 0.293 e. The Hall–Kier alpha value is -3.31. The van der Waals surface area contributed by atoms with E-state index in [9.17, 15) is 18.5 Å². The third-order valence-corrected chi connectivity index (χ3v) is 4.85. The van der Waals surface area contributed by atoms with Gasteiger partial charge in [-0.05, 0) is 36.8 Å². The quantitative estimate of drug-likeness (QED) is 0.485. The molecule has 1 unspecified atom stereocenters. The van der Waals surface area contributed by atoms with E-state index in [1.165, 1.54) is 18.5 Å². The first-order valence-electron chi connectivity index (χ1n) is 7.78. The molecule has 0 fully saturated rings. The second kappa shape index (κ2) is 7.13. The summed E-state index contributed by atoms with van der Waals surface area (Å²) >= 11 is 0. The minimum Gasteiger partial charge on any atom is -0.373 e.